The van der Waals surface area contributed by atoms with Crippen LogP contribution in [0.4, 0.5) is 0 Å². The second kappa shape index (κ2) is 8.99. The average Bonchev–Trinajstić information content (AvgIpc) is 3.58. The Labute approximate surface area is 189 Å². The number of likely N-dealkylation sites (N-methyl/N-ethyl adjacent to an activating group) is 1. The van der Waals surface area contributed by atoms with E-state index in [1.807, 2.05) is 42.3 Å². The van der Waals surface area contributed by atoms with Crippen molar-refractivity contribution in [3.05, 3.63) is 64.1 Å². The molecule has 1 atom stereocenters. The lowest BCUT2D eigenvalue weighted by atomic mass is 10.0. The van der Waals surface area contributed by atoms with Crippen LogP contribution in [-0.2, 0) is 11.2 Å². The fraction of sp³-hybridized carbons (Fsp3) is 0.348. The SMILES string of the molecule is CN(C(=O)Cc1ccc2oc(=O)[nH]c2c1)[C@H](CN1CCCC1)c1cccc(-c2nn[nH]n2)c1. The van der Waals surface area contributed by atoms with Crippen molar-refractivity contribution in [2.45, 2.75) is 25.3 Å². The molecule has 1 aliphatic rings. The monoisotopic (exact) mass is 447 g/mol. The molecule has 33 heavy (non-hydrogen) atoms. The van der Waals surface area contributed by atoms with Crippen molar-refractivity contribution < 1.29 is 9.21 Å². The predicted molar refractivity (Wildman–Crippen MR) is 121 cm³/mol. The number of amides is 1. The number of H-pyrrole nitrogens is 2. The number of tetrazole rings is 1. The Morgan fingerprint density at radius 1 is 1.21 bits per heavy atom. The number of aromatic nitrogens is 5. The Morgan fingerprint density at radius 3 is 2.85 bits per heavy atom. The van der Waals surface area contributed by atoms with E-state index in [1.165, 1.54) is 12.8 Å². The van der Waals surface area contributed by atoms with E-state index in [4.69, 9.17) is 4.42 Å². The number of rotatable bonds is 7. The lowest BCUT2D eigenvalue weighted by Crippen LogP contribution is -2.39. The van der Waals surface area contributed by atoms with Crippen molar-refractivity contribution in [1.82, 2.24) is 35.4 Å². The Kier molecular flexibility index (Phi) is 5.74. The molecular formula is C23H25N7O3. The van der Waals surface area contributed by atoms with Crippen molar-refractivity contribution >= 4 is 17.0 Å². The summed E-state index contributed by atoms with van der Waals surface area (Å²) in [5.74, 6) is 0.0141. The Hall–Kier alpha value is -3.79. The molecule has 1 amide bonds. The zero-order chi connectivity index (χ0) is 22.8. The first-order chi connectivity index (χ1) is 16.1. The van der Waals surface area contributed by atoms with Crippen LogP contribution in [0.15, 0.2) is 51.7 Å². The van der Waals surface area contributed by atoms with Crippen LogP contribution in [0.2, 0.25) is 0 Å². The molecule has 0 saturated carbocycles. The van der Waals surface area contributed by atoms with Crippen LogP contribution >= 0.6 is 0 Å². The quantitative estimate of drug-likeness (QED) is 0.445. The molecule has 0 unspecified atom stereocenters. The number of carbonyl (C=O) groups is 1. The molecule has 2 aromatic carbocycles. The number of nitrogens with one attached hydrogen (secondary N) is 2. The summed E-state index contributed by atoms with van der Waals surface area (Å²) >= 11 is 0. The highest BCUT2D eigenvalue weighted by atomic mass is 16.4. The second-order valence-electron chi connectivity index (χ2n) is 8.41. The lowest BCUT2D eigenvalue weighted by Gasteiger charge is -2.32. The fourth-order valence-electron chi connectivity index (χ4n) is 4.41. The summed E-state index contributed by atoms with van der Waals surface area (Å²) in [6, 6.07) is 13.2. The maximum atomic E-state index is 13.3. The van der Waals surface area contributed by atoms with E-state index in [9.17, 15) is 9.59 Å². The molecule has 10 nitrogen and oxygen atoms in total. The van der Waals surface area contributed by atoms with Gasteiger partial charge in [-0.3, -0.25) is 9.78 Å². The molecule has 0 bridgehead atoms. The van der Waals surface area contributed by atoms with E-state index in [-0.39, 0.29) is 18.4 Å². The van der Waals surface area contributed by atoms with Gasteiger partial charge >= 0.3 is 5.76 Å². The number of nitrogens with zero attached hydrogens (tertiary/aromatic N) is 5. The van der Waals surface area contributed by atoms with Crippen molar-refractivity contribution in [1.29, 1.82) is 0 Å². The third-order valence-corrected chi connectivity index (χ3v) is 6.20. The van der Waals surface area contributed by atoms with Crippen LogP contribution in [-0.4, -0.2) is 68.0 Å². The van der Waals surface area contributed by atoms with E-state index in [0.29, 0.717) is 16.9 Å². The molecule has 170 valence electrons. The summed E-state index contributed by atoms with van der Waals surface area (Å²) in [6.07, 6.45) is 2.58. The number of oxazole rings is 1. The minimum atomic E-state index is -0.502. The van der Waals surface area contributed by atoms with Gasteiger partial charge in [-0.1, -0.05) is 24.3 Å². The van der Waals surface area contributed by atoms with Gasteiger partial charge in [-0.15, -0.1) is 10.2 Å². The first kappa shape index (κ1) is 21.1. The summed E-state index contributed by atoms with van der Waals surface area (Å²) in [5, 5.41) is 14.3. The Bertz CT molecular complexity index is 1310. The number of likely N-dealkylation sites (tertiary alicyclic amines) is 1. The van der Waals surface area contributed by atoms with Gasteiger partial charge in [0.1, 0.15) is 0 Å². The topological polar surface area (TPSA) is 124 Å². The van der Waals surface area contributed by atoms with Gasteiger partial charge in [-0.25, -0.2) is 4.79 Å². The minimum absolute atomic E-state index is 0.00523. The first-order valence-electron chi connectivity index (χ1n) is 11.0. The first-order valence-corrected chi connectivity index (χ1v) is 11.0. The number of hydrogen-bond donors (Lipinski definition) is 2. The van der Waals surface area contributed by atoms with E-state index < -0.39 is 5.76 Å². The van der Waals surface area contributed by atoms with Crippen molar-refractivity contribution in [3.8, 4) is 11.4 Å². The van der Waals surface area contributed by atoms with Crippen LogP contribution in [0.1, 0.15) is 30.0 Å². The highest BCUT2D eigenvalue weighted by molar-refractivity contribution is 5.81. The molecule has 3 heterocycles. The normalized spacial score (nSPS) is 15.2. The molecule has 0 radical (unpaired) electrons. The van der Waals surface area contributed by atoms with E-state index in [0.717, 1.165) is 36.3 Å². The summed E-state index contributed by atoms with van der Waals surface area (Å²) < 4.78 is 5.06. The summed E-state index contributed by atoms with van der Waals surface area (Å²) in [7, 11) is 1.85. The third-order valence-electron chi connectivity index (χ3n) is 6.20. The van der Waals surface area contributed by atoms with Crippen LogP contribution in [0.5, 0.6) is 0 Å². The zero-order valence-corrected chi connectivity index (χ0v) is 18.3. The summed E-state index contributed by atoms with van der Waals surface area (Å²) in [4.78, 5) is 31.6. The number of fused-ring (bicyclic) bond motifs is 1. The number of benzene rings is 2. The number of carbonyl (C=O) groups excluding carboxylic acids is 1. The smallest absolute Gasteiger partial charge is 0.408 e. The van der Waals surface area contributed by atoms with Gasteiger partial charge in [-0.2, -0.15) is 5.21 Å². The standard InChI is InChI=1S/C23H25N7O3/c1-29(21(31)12-15-7-8-20-18(11-15)24-23(32)33-20)19(14-30-9-2-3-10-30)16-5-4-6-17(13-16)22-25-27-28-26-22/h4-8,11,13,19H,2-3,9-10,12,14H2,1H3,(H,24,32)(H,25,26,27,28)/t19-/m1/s1. The van der Waals surface area contributed by atoms with Gasteiger partial charge in [0, 0.05) is 19.2 Å². The molecular weight excluding hydrogens is 422 g/mol. The van der Waals surface area contributed by atoms with Crippen LogP contribution in [0.25, 0.3) is 22.5 Å². The second-order valence-corrected chi connectivity index (χ2v) is 8.41. The van der Waals surface area contributed by atoms with Gasteiger partial charge in [0.15, 0.2) is 5.58 Å². The van der Waals surface area contributed by atoms with Crippen LogP contribution < -0.4 is 5.76 Å². The van der Waals surface area contributed by atoms with Gasteiger partial charge in [-0.05, 0) is 60.5 Å². The predicted octanol–water partition coefficient (Wildman–Crippen LogP) is 2.14. The summed E-state index contributed by atoms with van der Waals surface area (Å²) in [5.41, 5.74) is 3.76. The van der Waals surface area contributed by atoms with Gasteiger partial charge in [0.2, 0.25) is 11.7 Å². The largest absolute Gasteiger partial charge is 0.417 e. The number of hydrogen-bond acceptors (Lipinski definition) is 7. The zero-order valence-electron chi connectivity index (χ0n) is 18.3. The van der Waals surface area contributed by atoms with Crippen molar-refractivity contribution in [2.75, 3.05) is 26.7 Å². The lowest BCUT2D eigenvalue weighted by molar-refractivity contribution is -0.131. The molecule has 0 aliphatic carbocycles. The molecule has 4 aromatic rings. The van der Waals surface area contributed by atoms with Crippen molar-refractivity contribution in [3.63, 3.8) is 0 Å². The van der Waals surface area contributed by atoms with Crippen molar-refractivity contribution in [2.24, 2.45) is 0 Å². The molecule has 1 fully saturated rings. The van der Waals surface area contributed by atoms with E-state index >= 15 is 0 Å². The highest BCUT2D eigenvalue weighted by Crippen LogP contribution is 2.27. The average molecular weight is 447 g/mol. The third kappa shape index (κ3) is 4.56. The van der Waals surface area contributed by atoms with Gasteiger partial charge < -0.3 is 14.2 Å². The molecule has 2 aromatic heterocycles. The van der Waals surface area contributed by atoms with E-state index in [1.54, 1.807) is 12.1 Å². The Morgan fingerprint density at radius 2 is 2.06 bits per heavy atom. The maximum Gasteiger partial charge on any atom is 0.417 e. The Balaban J connectivity index is 1.40. The molecule has 1 aliphatic heterocycles. The molecule has 0 spiro atoms. The van der Waals surface area contributed by atoms with E-state index in [2.05, 4.69) is 30.5 Å². The molecule has 5 rings (SSSR count). The highest BCUT2D eigenvalue weighted by Gasteiger charge is 2.26. The van der Waals surface area contributed by atoms with Gasteiger partial charge in [0.05, 0.1) is 18.0 Å². The molecule has 10 heteroatoms. The molecule has 1 saturated heterocycles. The van der Waals surface area contributed by atoms with Gasteiger partial charge in [0.25, 0.3) is 0 Å². The maximum absolute atomic E-state index is 13.3. The fourth-order valence-corrected chi connectivity index (χ4v) is 4.41. The minimum Gasteiger partial charge on any atom is -0.408 e. The number of aromatic amines is 2. The van der Waals surface area contributed by atoms with Crippen LogP contribution in [0.3, 0.4) is 0 Å². The van der Waals surface area contributed by atoms with Crippen LogP contribution in [0, 0.1) is 0 Å². The molecule has 2 N–H and O–H groups in total. The summed E-state index contributed by atoms with van der Waals surface area (Å²) in [6.45, 7) is 2.83.